The van der Waals surface area contributed by atoms with E-state index in [4.69, 9.17) is 54.5 Å². The summed E-state index contributed by atoms with van der Waals surface area (Å²) < 4.78 is 0. The number of phenols is 3. The van der Waals surface area contributed by atoms with Crippen molar-refractivity contribution in [2.75, 3.05) is 5.73 Å². The van der Waals surface area contributed by atoms with E-state index in [0.29, 0.717) is 21.8 Å². The smallest absolute Gasteiger partial charge is 0.315 e. The molecule has 0 saturated carbocycles. The van der Waals surface area contributed by atoms with Gasteiger partial charge in [0.15, 0.2) is 5.75 Å². The zero-order valence-electron chi connectivity index (χ0n) is 21.4. The number of aromatic hydroxyl groups is 3. The van der Waals surface area contributed by atoms with E-state index in [9.17, 15) is 15.2 Å². The Hall–Kier alpha value is -3.67. The summed E-state index contributed by atoms with van der Waals surface area (Å²) in [6, 6.07) is 8.18. The van der Waals surface area contributed by atoms with Crippen LogP contribution in [-0.4, -0.2) is 30.5 Å². The number of hydrogen-bond donors (Lipinski definition) is 5. The number of nitrogens with two attached hydrogens (primary N) is 1. The van der Waals surface area contributed by atoms with E-state index in [1.807, 2.05) is 33.8 Å². The summed E-state index contributed by atoms with van der Waals surface area (Å²) in [6.45, 7) is 10.7. The van der Waals surface area contributed by atoms with Gasteiger partial charge >= 0.3 is 5.69 Å². The van der Waals surface area contributed by atoms with Crippen molar-refractivity contribution in [3.63, 3.8) is 0 Å². The van der Waals surface area contributed by atoms with Crippen LogP contribution in [0.2, 0.25) is 10.0 Å². The van der Waals surface area contributed by atoms with E-state index in [0.717, 1.165) is 27.3 Å². The minimum Gasteiger partial charge on any atom is -0.508 e. The Labute approximate surface area is 243 Å². The highest BCUT2D eigenvalue weighted by atomic mass is 35.5. The average molecular weight is 611 g/mol. The van der Waals surface area contributed by atoms with Gasteiger partial charge in [-0.2, -0.15) is 0 Å². The number of anilines is 1. The summed E-state index contributed by atoms with van der Waals surface area (Å²) in [7, 11) is 0. The third-order valence-electron chi connectivity index (χ3n) is 4.74. The Balaban J connectivity index is -0.000000459. The molecule has 14 heteroatoms. The summed E-state index contributed by atoms with van der Waals surface area (Å²) in [6.07, 6.45) is 0. The van der Waals surface area contributed by atoms with Crippen LogP contribution in [0.25, 0.3) is 0 Å². The maximum Gasteiger partial charge on any atom is 0.315 e. The van der Waals surface area contributed by atoms with E-state index >= 15 is 0 Å². The van der Waals surface area contributed by atoms with Crippen LogP contribution in [0.1, 0.15) is 40.8 Å². The normalized spacial score (nSPS) is 9.03. The SMILES string of the molecule is C.Cc1cc(C)c(N)c(O)c1.Cc1cc(O)c([N+](=O)[O-])c(C)c1Cl.Cc1cc(O)cc(C)c1Cl.Cl.O=[N+]([O-])O. The fourth-order valence-electron chi connectivity index (χ4n) is 3.04. The van der Waals surface area contributed by atoms with E-state index < -0.39 is 10.0 Å². The van der Waals surface area contributed by atoms with E-state index in [1.165, 1.54) is 13.0 Å². The number of rotatable bonds is 1. The van der Waals surface area contributed by atoms with Gasteiger partial charge < -0.3 is 26.3 Å². The molecule has 0 spiro atoms. The fourth-order valence-corrected chi connectivity index (χ4v) is 3.29. The number of aryl methyl sites for hydroxylation is 5. The minimum atomic E-state index is -1.50. The molecule has 11 nitrogen and oxygen atoms in total. The lowest BCUT2D eigenvalue weighted by atomic mass is 10.1. The monoisotopic (exact) mass is 609 g/mol. The van der Waals surface area contributed by atoms with Crippen molar-refractivity contribution in [2.45, 2.75) is 49.0 Å². The molecule has 0 aliphatic carbocycles. The summed E-state index contributed by atoms with van der Waals surface area (Å²) in [5.74, 6) is 0.112. The molecule has 218 valence electrons. The number of nitrogen functional groups attached to an aromatic ring is 1. The van der Waals surface area contributed by atoms with Crippen LogP contribution in [0.4, 0.5) is 11.4 Å². The molecule has 39 heavy (non-hydrogen) atoms. The van der Waals surface area contributed by atoms with Gasteiger partial charge in [-0.3, -0.25) is 10.1 Å². The summed E-state index contributed by atoms with van der Waals surface area (Å²) >= 11 is 11.6. The molecular formula is C25H34Cl3N3O8. The van der Waals surface area contributed by atoms with Gasteiger partial charge in [0.05, 0.1) is 15.6 Å². The second kappa shape index (κ2) is 17.8. The highest BCUT2D eigenvalue weighted by molar-refractivity contribution is 6.32. The molecule has 3 aromatic carbocycles. The molecule has 0 saturated heterocycles. The molecule has 0 aliphatic rings. The van der Waals surface area contributed by atoms with E-state index in [-0.39, 0.29) is 42.8 Å². The third kappa shape index (κ3) is 13.1. The Morgan fingerprint density at radius 1 is 0.744 bits per heavy atom. The van der Waals surface area contributed by atoms with Crippen molar-refractivity contribution < 1.29 is 30.5 Å². The van der Waals surface area contributed by atoms with Crippen molar-refractivity contribution >= 4 is 47.0 Å². The van der Waals surface area contributed by atoms with Crippen molar-refractivity contribution in [2.24, 2.45) is 0 Å². The number of hydrogen-bond acceptors (Lipinski definition) is 8. The zero-order chi connectivity index (χ0) is 29.2. The van der Waals surface area contributed by atoms with E-state index in [1.54, 1.807) is 25.1 Å². The number of nitrogens with zero attached hydrogens (tertiary/aromatic N) is 2. The van der Waals surface area contributed by atoms with Crippen LogP contribution in [0.15, 0.2) is 30.3 Å². The maximum atomic E-state index is 10.5. The van der Waals surface area contributed by atoms with Gasteiger partial charge in [0.1, 0.15) is 11.5 Å². The summed E-state index contributed by atoms with van der Waals surface area (Å²) in [5.41, 5.74) is 10.4. The molecule has 0 radical (unpaired) electrons. The van der Waals surface area contributed by atoms with Crippen molar-refractivity contribution in [1.82, 2.24) is 0 Å². The zero-order valence-corrected chi connectivity index (χ0v) is 23.8. The van der Waals surface area contributed by atoms with Gasteiger partial charge in [0.25, 0.3) is 5.09 Å². The Morgan fingerprint density at radius 2 is 1.15 bits per heavy atom. The molecule has 0 aliphatic heterocycles. The Bertz CT molecular complexity index is 1180. The first kappa shape index (κ1) is 39.8. The second-order valence-corrected chi connectivity index (χ2v) is 8.66. The maximum absolute atomic E-state index is 10.5. The van der Waals surface area contributed by atoms with Crippen LogP contribution in [0, 0.1) is 61.8 Å². The fraction of sp³-hybridized carbons (Fsp3) is 0.280. The minimum absolute atomic E-state index is 0. The van der Waals surface area contributed by atoms with Crippen molar-refractivity contribution in [3.05, 3.63) is 94.0 Å². The molecule has 3 aromatic rings. The van der Waals surface area contributed by atoms with Gasteiger partial charge in [0.2, 0.25) is 0 Å². The van der Waals surface area contributed by atoms with Crippen LogP contribution in [0.3, 0.4) is 0 Å². The molecule has 3 rings (SSSR count). The van der Waals surface area contributed by atoms with Crippen LogP contribution >= 0.6 is 35.6 Å². The highest BCUT2D eigenvalue weighted by Gasteiger charge is 2.20. The average Bonchev–Trinajstić information content (AvgIpc) is 2.74. The van der Waals surface area contributed by atoms with Crippen molar-refractivity contribution in [3.8, 4) is 17.2 Å². The number of nitro benzene ring substituents is 1. The largest absolute Gasteiger partial charge is 0.508 e. The first-order valence-corrected chi connectivity index (χ1v) is 11.1. The number of halogens is 3. The van der Waals surface area contributed by atoms with Gasteiger partial charge in [-0.1, -0.05) is 36.7 Å². The van der Waals surface area contributed by atoms with E-state index in [2.05, 4.69) is 0 Å². The van der Waals surface area contributed by atoms with Crippen molar-refractivity contribution in [1.29, 1.82) is 0 Å². The lowest BCUT2D eigenvalue weighted by Crippen LogP contribution is -1.94. The highest BCUT2D eigenvalue weighted by Crippen LogP contribution is 2.36. The number of phenolic OH excluding ortho intramolecular Hbond substituents is 3. The molecule has 0 bridgehead atoms. The third-order valence-corrected chi connectivity index (χ3v) is 5.92. The predicted molar refractivity (Wildman–Crippen MR) is 157 cm³/mol. The lowest BCUT2D eigenvalue weighted by Gasteiger charge is -2.04. The molecule has 0 amide bonds. The van der Waals surface area contributed by atoms with Crippen LogP contribution in [0.5, 0.6) is 17.2 Å². The second-order valence-electron chi connectivity index (χ2n) is 7.90. The topological polar surface area (TPSA) is 193 Å². The van der Waals surface area contributed by atoms with Crippen LogP contribution < -0.4 is 5.73 Å². The van der Waals surface area contributed by atoms with Gasteiger partial charge in [0, 0.05) is 10.6 Å². The first-order valence-electron chi connectivity index (χ1n) is 10.4. The molecule has 0 aromatic heterocycles. The van der Waals surface area contributed by atoms with Gasteiger partial charge in [-0.25, -0.2) is 0 Å². The van der Waals surface area contributed by atoms with Gasteiger partial charge in [-0.05, 0) is 93.6 Å². The molecule has 6 N–H and O–H groups in total. The van der Waals surface area contributed by atoms with Crippen LogP contribution in [-0.2, 0) is 0 Å². The molecule has 0 heterocycles. The first-order chi connectivity index (χ1) is 16.9. The van der Waals surface area contributed by atoms with Gasteiger partial charge in [-0.15, -0.1) is 22.5 Å². The molecule has 0 unspecified atom stereocenters. The number of benzene rings is 3. The molecule has 0 atom stereocenters. The summed E-state index contributed by atoms with van der Waals surface area (Å²) in [5, 5.41) is 52.7. The lowest BCUT2D eigenvalue weighted by molar-refractivity contribution is -0.742. The molecule has 0 fully saturated rings. The quantitative estimate of drug-likeness (QED) is 0.0800. The molecular weight excluding hydrogens is 577 g/mol. The standard InChI is InChI=1S/C8H8ClNO3.C8H9ClO.C8H11NO.CH4.ClH.HNO3/c1-4-3-6(11)8(10(12)13)5(2)7(4)9;1-5-3-7(10)4-6(2)8(5)9;1-5-3-6(2)8(9)7(10)4-5;;;2-1(3)4/h3,11H,1-2H3;3-4,10H,1-2H3;3-4,10H,9H2,1-2H3;1H4;1H;(H,2,3,4). The Morgan fingerprint density at radius 3 is 1.54 bits per heavy atom. The predicted octanol–water partition coefficient (Wildman–Crippen LogP) is 7.53. The summed E-state index contributed by atoms with van der Waals surface area (Å²) in [4.78, 5) is 18.2. The number of nitro groups is 1. The Kier molecular flexibility index (Phi) is 18.1.